The van der Waals surface area contributed by atoms with Crippen LogP contribution < -0.4 is 5.32 Å². The number of rotatable bonds is 7. The van der Waals surface area contributed by atoms with Crippen LogP contribution in [0.2, 0.25) is 0 Å². The van der Waals surface area contributed by atoms with Crippen molar-refractivity contribution in [1.29, 1.82) is 5.26 Å². The SMILES string of the molecule is CCCNC(C)(C#N)COC1CCCCC1CC. The highest BCUT2D eigenvalue weighted by molar-refractivity contribution is 5.04. The van der Waals surface area contributed by atoms with Crippen LogP contribution in [0, 0.1) is 17.2 Å². The van der Waals surface area contributed by atoms with E-state index in [1.54, 1.807) is 0 Å². The molecule has 1 aliphatic rings. The van der Waals surface area contributed by atoms with Gasteiger partial charge in [0, 0.05) is 0 Å². The number of hydrogen-bond donors (Lipinski definition) is 1. The summed E-state index contributed by atoms with van der Waals surface area (Å²) < 4.78 is 6.05. The van der Waals surface area contributed by atoms with Gasteiger partial charge in [-0.05, 0) is 38.6 Å². The molecule has 0 heterocycles. The number of ether oxygens (including phenoxy) is 1. The smallest absolute Gasteiger partial charge is 0.127 e. The van der Waals surface area contributed by atoms with Crippen molar-refractivity contribution in [3.05, 3.63) is 0 Å². The molecule has 1 saturated carbocycles. The lowest BCUT2D eigenvalue weighted by Crippen LogP contribution is -2.47. The average Bonchev–Trinajstić information content (AvgIpc) is 2.43. The van der Waals surface area contributed by atoms with Crippen LogP contribution >= 0.6 is 0 Å². The minimum atomic E-state index is -0.536. The molecule has 0 amide bonds. The molecular formula is C15H28N2O. The van der Waals surface area contributed by atoms with E-state index >= 15 is 0 Å². The Morgan fingerprint density at radius 2 is 2.06 bits per heavy atom. The second-order valence-corrected chi connectivity index (χ2v) is 5.67. The largest absolute Gasteiger partial charge is 0.375 e. The third-order valence-electron chi connectivity index (χ3n) is 3.96. The van der Waals surface area contributed by atoms with Crippen LogP contribution in [0.3, 0.4) is 0 Å². The second kappa shape index (κ2) is 7.76. The van der Waals surface area contributed by atoms with Crippen LogP contribution in [-0.2, 0) is 4.74 Å². The van der Waals surface area contributed by atoms with Gasteiger partial charge in [0.1, 0.15) is 5.54 Å². The molecule has 104 valence electrons. The number of nitriles is 1. The molecule has 3 heteroatoms. The Kier molecular flexibility index (Phi) is 6.67. The van der Waals surface area contributed by atoms with Crippen molar-refractivity contribution in [1.82, 2.24) is 5.32 Å². The molecule has 0 radical (unpaired) electrons. The molecule has 0 bridgehead atoms. The van der Waals surface area contributed by atoms with Gasteiger partial charge in [-0.2, -0.15) is 5.26 Å². The Hall–Kier alpha value is -0.590. The Morgan fingerprint density at radius 3 is 2.67 bits per heavy atom. The van der Waals surface area contributed by atoms with Crippen molar-refractivity contribution in [3.63, 3.8) is 0 Å². The zero-order chi connectivity index (χ0) is 13.4. The quantitative estimate of drug-likeness (QED) is 0.756. The molecule has 0 aromatic carbocycles. The fourth-order valence-electron chi connectivity index (χ4n) is 2.66. The van der Waals surface area contributed by atoms with Gasteiger partial charge in [0.05, 0.1) is 18.8 Å². The molecule has 0 spiro atoms. The van der Waals surface area contributed by atoms with Crippen molar-refractivity contribution in [2.24, 2.45) is 5.92 Å². The number of hydrogen-bond acceptors (Lipinski definition) is 3. The lowest BCUT2D eigenvalue weighted by Gasteiger charge is -2.33. The summed E-state index contributed by atoms with van der Waals surface area (Å²) in [6.07, 6.45) is 7.64. The first-order valence-electron chi connectivity index (χ1n) is 7.43. The molecule has 1 fully saturated rings. The highest BCUT2D eigenvalue weighted by Gasteiger charge is 2.29. The lowest BCUT2D eigenvalue weighted by atomic mass is 9.84. The molecule has 0 aliphatic heterocycles. The summed E-state index contributed by atoms with van der Waals surface area (Å²) in [6.45, 7) is 7.66. The molecule has 3 unspecified atom stereocenters. The summed E-state index contributed by atoms with van der Waals surface area (Å²) in [6, 6.07) is 2.35. The Morgan fingerprint density at radius 1 is 1.33 bits per heavy atom. The second-order valence-electron chi connectivity index (χ2n) is 5.67. The van der Waals surface area contributed by atoms with E-state index in [-0.39, 0.29) is 0 Å². The first kappa shape index (κ1) is 15.5. The molecule has 0 aromatic heterocycles. The zero-order valence-electron chi connectivity index (χ0n) is 12.2. The van der Waals surface area contributed by atoms with Gasteiger partial charge in [0.25, 0.3) is 0 Å². The van der Waals surface area contributed by atoms with Crippen molar-refractivity contribution in [2.75, 3.05) is 13.2 Å². The van der Waals surface area contributed by atoms with Gasteiger partial charge in [-0.3, -0.25) is 5.32 Å². The molecule has 1 aliphatic carbocycles. The van der Waals surface area contributed by atoms with Crippen LogP contribution in [0.15, 0.2) is 0 Å². The predicted octanol–water partition coefficient (Wildman–Crippen LogP) is 3.25. The van der Waals surface area contributed by atoms with Crippen LogP contribution in [0.5, 0.6) is 0 Å². The van der Waals surface area contributed by atoms with E-state index in [1.807, 2.05) is 6.92 Å². The van der Waals surface area contributed by atoms with Gasteiger partial charge >= 0.3 is 0 Å². The molecular weight excluding hydrogens is 224 g/mol. The van der Waals surface area contributed by atoms with Crippen LogP contribution in [0.1, 0.15) is 59.3 Å². The molecule has 3 atom stereocenters. The first-order valence-corrected chi connectivity index (χ1v) is 7.43. The van der Waals surface area contributed by atoms with E-state index in [2.05, 4.69) is 25.2 Å². The highest BCUT2D eigenvalue weighted by Crippen LogP contribution is 2.29. The Labute approximate surface area is 112 Å². The molecule has 0 saturated heterocycles. The molecule has 1 rings (SSSR count). The fraction of sp³-hybridized carbons (Fsp3) is 0.933. The maximum Gasteiger partial charge on any atom is 0.127 e. The van der Waals surface area contributed by atoms with Gasteiger partial charge in [-0.15, -0.1) is 0 Å². The summed E-state index contributed by atoms with van der Waals surface area (Å²) in [7, 11) is 0. The standard InChI is InChI=1S/C15H28N2O/c1-4-10-17-15(3,11-16)12-18-14-9-7-6-8-13(14)5-2/h13-14,17H,4-10,12H2,1-3H3. The molecule has 0 aromatic rings. The number of nitrogens with zero attached hydrogens (tertiary/aromatic N) is 1. The zero-order valence-corrected chi connectivity index (χ0v) is 12.2. The summed E-state index contributed by atoms with van der Waals surface area (Å²) in [5.74, 6) is 0.688. The molecule has 1 N–H and O–H groups in total. The maximum atomic E-state index is 9.27. The third-order valence-corrected chi connectivity index (χ3v) is 3.96. The van der Waals surface area contributed by atoms with Crippen molar-refractivity contribution < 1.29 is 4.74 Å². The van der Waals surface area contributed by atoms with E-state index in [1.165, 1.54) is 25.7 Å². The van der Waals surface area contributed by atoms with Crippen molar-refractivity contribution >= 4 is 0 Å². The van der Waals surface area contributed by atoms with E-state index in [0.717, 1.165) is 19.4 Å². The van der Waals surface area contributed by atoms with E-state index in [4.69, 9.17) is 4.74 Å². The van der Waals surface area contributed by atoms with Gasteiger partial charge in [0.15, 0.2) is 0 Å². The first-order chi connectivity index (χ1) is 8.65. The Bertz CT molecular complexity index is 274. The van der Waals surface area contributed by atoms with Gasteiger partial charge in [-0.1, -0.05) is 33.1 Å². The van der Waals surface area contributed by atoms with Crippen LogP contribution in [-0.4, -0.2) is 24.8 Å². The van der Waals surface area contributed by atoms with Crippen molar-refractivity contribution in [2.45, 2.75) is 70.9 Å². The Balaban J connectivity index is 2.43. The van der Waals surface area contributed by atoms with Crippen LogP contribution in [0.4, 0.5) is 0 Å². The summed E-state index contributed by atoms with van der Waals surface area (Å²) in [5, 5.41) is 12.6. The van der Waals surface area contributed by atoms with Gasteiger partial charge in [-0.25, -0.2) is 0 Å². The molecule has 3 nitrogen and oxygen atoms in total. The third kappa shape index (κ3) is 4.59. The summed E-state index contributed by atoms with van der Waals surface area (Å²) in [5.41, 5.74) is -0.536. The van der Waals surface area contributed by atoms with E-state index < -0.39 is 5.54 Å². The van der Waals surface area contributed by atoms with E-state index in [9.17, 15) is 5.26 Å². The normalized spacial score (nSPS) is 27.4. The lowest BCUT2D eigenvalue weighted by molar-refractivity contribution is -0.0287. The predicted molar refractivity (Wildman–Crippen MR) is 74.3 cm³/mol. The molecule has 18 heavy (non-hydrogen) atoms. The van der Waals surface area contributed by atoms with Crippen LogP contribution in [0.25, 0.3) is 0 Å². The summed E-state index contributed by atoms with van der Waals surface area (Å²) >= 11 is 0. The van der Waals surface area contributed by atoms with E-state index in [0.29, 0.717) is 18.6 Å². The topological polar surface area (TPSA) is 45.0 Å². The highest BCUT2D eigenvalue weighted by atomic mass is 16.5. The minimum Gasteiger partial charge on any atom is -0.375 e. The van der Waals surface area contributed by atoms with Gasteiger partial charge < -0.3 is 4.74 Å². The monoisotopic (exact) mass is 252 g/mol. The average molecular weight is 252 g/mol. The number of nitrogens with one attached hydrogen (secondary N) is 1. The van der Waals surface area contributed by atoms with Crippen molar-refractivity contribution in [3.8, 4) is 6.07 Å². The summed E-state index contributed by atoms with van der Waals surface area (Å²) in [4.78, 5) is 0. The maximum absolute atomic E-state index is 9.27. The van der Waals surface area contributed by atoms with Gasteiger partial charge in [0.2, 0.25) is 0 Å². The fourth-order valence-corrected chi connectivity index (χ4v) is 2.66. The minimum absolute atomic E-state index is 0.361.